The predicted molar refractivity (Wildman–Crippen MR) is 123 cm³/mol. The third-order valence-electron chi connectivity index (χ3n) is 6.96. The summed E-state index contributed by atoms with van der Waals surface area (Å²) in [5, 5.41) is 19.3. The minimum Gasteiger partial charge on any atom is -0.393 e. The molecule has 1 aliphatic carbocycles. The first-order chi connectivity index (χ1) is 16.8. The van der Waals surface area contributed by atoms with Gasteiger partial charge in [-0.05, 0) is 43.9 Å². The highest BCUT2D eigenvalue weighted by atomic mass is 19.3. The molecular formula is C23H22F2N8O2. The number of aliphatic hydroxyl groups is 1. The van der Waals surface area contributed by atoms with E-state index in [9.17, 15) is 23.9 Å². The van der Waals surface area contributed by atoms with Crippen LogP contribution in [0, 0.1) is 11.3 Å². The zero-order valence-electron chi connectivity index (χ0n) is 18.9. The summed E-state index contributed by atoms with van der Waals surface area (Å²) in [6.45, 7) is -1.01. The van der Waals surface area contributed by atoms with Gasteiger partial charge in [0.05, 0.1) is 41.9 Å². The van der Waals surface area contributed by atoms with Gasteiger partial charge in [0, 0.05) is 13.1 Å². The number of aromatic nitrogens is 6. The summed E-state index contributed by atoms with van der Waals surface area (Å²) in [6, 6.07) is 6.96. The fourth-order valence-electron chi connectivity index (χ4n) is 5.11. The molecule has 10 nitrogen and oxygen atoms in total. The van der Waals surface area contributed by atoms with Crippen molar-refractivity contribution in [3.63, 3.8) is 0 Å². The van der Waals surface area contributed by atoms with E-state index in [-0.39, 0.29) is 23.5 Å². The molecule has 35 heavy (non-hydrogen) atoms. The van der Waals surface area contributed by atoms with Gasteiger partial charge in [0.2, 0.25) is 5.95 Å². The maximum absolute atomic E-state index is 13.8. The number of alkyl halides is 2. The van der Waals surface area contributed by atoms with Gasteiger partial charge in [-0.15, -0.1) is 0 Å². The van der Waals surface area contributed by atoms with Crippen LogP contribution in [-0.2, 0) is 7.05 Å². The summed E-state index contributed by atoms with van der Waals surface area (Å²) in [6.07, 6.45) is 3.47. The lowest BCUT2D eigenvalue weighted by Crippen LogP contribution is -2.56. The number of anilines is 1. The van der Waals surface area contributed by atoms with Gasteiger partial charge in [-0.25, -0.2) is 18.6 Å². The number of hydrogen-bond acceptors (Lipinski definition) is 7. The van der Waals surface area contributed by atoms with Crippen molar-refractivity contribution < 1.29 is 13.9 Å². The number of rotatable bonds is 3. The third kappa shape index (κ3) is 3.37. The number of hydrogen-bond donors (Lipinski definition) is 1. The topological polar surface area (TPSA) is 118 Å². The van der Waals surface area contributed by atoms with Gasteiger partial charge in [-0.2, -0.15) is 15.2 Å². The van der Waals surface area contributed by atoms with Gasteiger partial charge in [0.15, 0.2) is 11.5 Å². The second-order valence-corrected chi connectivity index (χ2v) is 9.34. The minimum absolute atomic E-state index is 0.173. The Labute approximate surface area is 197 Å². The number of aliphatic hydroxyl groups excluding tert-OH is 1. The van der Waals surface area contributed by atoms with Crippen LogP contribution in [0.2, 0.25) is 0 Å². The molecule has 6 rings (SSSR count). The lowest BCUT2D eigenvalue weighted by molar-refractivity contribution is -0.0265. The Bertz CT molecular complexity index is 1560. The summed E-state index contributed by atoms with van der Waals surface area (Å²) in [5.41, 5.74) is 2.09. The van der Waals surface area contributed by atoms with Crippen LogP contribution < -0.4 is 10.6 Å². The van der Waals surface area contributed by atoms with E-state index in [1.165, 1.54) is 15.8 Å². The number of fused-ring (bicyclic) bond motifs is 2. The predicted octanol–water partition coefficient (Wildman–Crippen LogP) is 2.27. The molecule has 1 saturated carbocycles. The maximum Gasteiger partial charge on any atom is 0.330 e. The molecule has 0 spiro atoms. The highest BCUT2D eigenvalue weighted by Gasteiger charge is 2.46. The molecule has 2 aliphatic rings. The first kappa shape index (κ1) is 21.7. The van der Waals surface area contributed by atoms with Crippen molar-refractivity contribution in [3.8, 4) is 12.0 Å². The zero-order chi connectivity index (χ0) is 24.5. The van der Waals surface area contributed by atoms with Gasteiger partial charge in [-0.1, -0.05) is 0 Å². The smallest absolute Gasteiger partial charge is 0.330 e. The fraction of sp³-hybridized carbons (Fsp3) is 0.435. The standard InChI is InChI=1S/C23H22F2N8O2/c1-30-18-19(31-10-23(24,25)11-31)28-21(32-12-27-16-7-2-13(9-26)8-17(16)32)29-20(18)33(22(30)35)14-3-5-15(34)6-4-14/h2,7-8,12,14-15,34H,3-6,10-11H2,1H3/t14-,15-. The Morgan fingerprint density at radius 3 is 2.60 bits per heavy atom. The van der Waals surface area contributed by atoms with Crippen LogP contribution in [0.3, 0.4) is 0 Å². The average molecular weight is 480 g/mol. The summed E-state index contributed by atoms with van der Waals surface area (Å²) in [5.74, 6) is -2.40. The van der Waals surface area contributed by atoms with Crippen LogP contribution in [0.4, 0.5) is 14.6 Å². The van der Waals surface area contributed by atoms with E-state index < -0.39 is 25.1 Å². The van der Waals surface area contributed by atoms with Crippen molar-refractivity contribution in [2.75, 3.05) is 18.0 Å². The number of nitrogens with zero attached hydrogens (tertiary/aromatic N) is 8. The van der Waals surface area contributed by atoms with Crippen LogP contribution in [-0.4, -0.2) is 58.9 Å². The molecule has 2 fully saturated rings. The largest absolute Gasteiger partial charge is 0.393 e. The van der Waals surface area contributed by atoms with Crippen molar-refractivity contribution in [1.29, 1.82) is 5.26 Å². The number of nitriles is 1. The van der Waals surface area contributed by atoms with Crippen molar-refractivity contribution in [3.05, 3.63) is 40.6 Å². The highest BCUT2D eigenvalue weighted by Crippen LogP contribution is 2.37. The molecule has 1 aliphatic heterocycles. The number of halogens is 2. The molecule has 12 heteroatoms. The van der Waals surface area contributed by atoms with Crippen LogP contribution in [0.5, 0.6) is 0 Å². The Morgan fingerprint density at radius 1 is 1.17 bits per heavy atom. The van der Waals surface area contributed by atoms with Crippen LogP contribution in [0.15, 0.2) is 29.3 Å². The maximum atomic E-state index is 13.8. The number of aryl methyl sites for hydroxylation is 1. The van der Waals surface area contributed by atoms with E-state index >= 15 is 0 Å². The van der Waals surface area contributed by atoms with Gasteiger partial charge in [0.25, 0.3) is 5.92 Å². The molecule has 1 saturated heterocycles. The molecule has 1 aromatic carbocycles. The molecular weight excluding hydrogens is 458 g/mol. The number of benzene rings is 1. The van der Waals surface area contributed by atoms with E-state index in [1.54, 1.807) is 34.4 Å². The first-order valence-electron chi connectivity index (χ1n) is 11.4. The summed E-state index contributed by atoms with van der Waals surface area (Å²) in [7, 11) is 1.59. The van der Waals surface area contributed by atoms with Crippen molar-refractivity contribution in [2.45, 2.75) is 43.8 Å². The third-order valence-corrected chi connectivity index (χ3v) is 6.96. The van der Waals surface area contributed by atoms with Gasteiger partial charge in [0.1, 0.15) is 11.8 Å². The Balaban J connectivity index is 1.60. The molecule has 0 bridgehead atoms. The molecule has 0 unspecified atom stereocenters. The molecule has 0 atom stereocenters. The molecule has 180 valence electrons. The highest BCUT2D eigenvalue weighted by molar-refractivity contribution is 5.86. The van der Waals surface area contributed by atoms with Gasteiger partial charge in [-0.3, -0.25) is 13.7 Å². The molecule has 3 aromatic heterocycles. The number of imidazole rings is 2. The minimum atomic E-state index is -2.83. The normalized spacial score (nSPS) is 21.9. The molecule has 0 radical (unpaired) electrons. The summed E-state index contributed by atoms with van der Waals surface area (Å²) < 4.78 is 32.3. The molecule has 4 aromatic rings. The van der Waals surface area contributed by atoms with E-state index in [0.717, 1.165) is 0 Å². The Morgan fingerprint density at radius 2 is 1.91 bits per heavy atom. The molecule has 0 amide bonds. The second kappa shape index (κ2) is 7.58. The van der Waals surface area contributed by atoms with E-state index in [1.807, 2.05) is 0 Å². The van der Waals surface area contributed by atoms with Crippen LogP contribution >= 0.6 is 0 Å². The van der Waals surface area contributed by atoms with Gasteiger partial charge < -0.3 is 10.0 Å². The lowest BCUT2D eigenvalue weighted by Gasteiger charge is -2.39. The quantitative estimate of drug-likeness (QED) is 0.478. The van der Waals surface area contributed by atoms with E-state index in [4.69, 9.17) is 4.98 Å². The summed E-state index contributed by atoms with van der Waals surface area (Å²) >= 11 is 0. The van der Waals surface area contributed by atoms with Crippen molar-refractivity contribution >= 4 is 28.0 Å². The monoisotopic (exact) mass is 480 g/mol. The SMILES string of the molecule is Cn1c(=O)n([C@H]2CC[C@H](O)CC2)c2nc(-n3cnc4ccc(C#N)cc43)nc(N3CC(F)(F)C3)c21. The zero-order valence-corrected chi connectivity index (χ0v) is 18.9. The molecule has 4 heterocycles. The summed E-state index contributed by atoms with van der Waals surface area (Å²) in [4.78, 5) is 28.5. The van der Waals surface area contributed by atoms with E-state index in [2.05, 4.69) is 16.0 Å². The van der Waals surface area contributed by atoms with Gasteiger partial charge >= 0.3 is 5.69 Å². The van der Waals surface area contributed by atoms with E-state index in [0.29, 0.717) is 53.4 Å². The van der Waals surface area contributed by atoms with Crippen LogP contribution in [0.25, 0.3) is 28.1 Å². The Hall–Kier alpha value is -3.85. The van der Waals surface area contributed by atoms with Crippen LogP contribution in [0.1, 0.15) is 37.3 Å². The average Bonchev–Trinajstić information content (AvgIpc) is 3.36. The first-order valence-corrected chi connectivity index (χ1v) is 11.4. The fourth-order valence-corrected chi connectivity index (χ4v) is 5.11. The van der Waals surface area contributed by atoms with Crippen molar-refractivity contribution in [2.24, 2.45) is 7.05 Å². The van der Waals surface area contributed by atoms with Crippen molar-refractivity contribution in [1.82, 2.24) is 28.7 Å². The second-order valence-electron chi connectivity index (χ2n) is 9.34. The Kier molecular flexibility index (Phi) is 4.69. The lowest BCUT2D eigenvalue weighted by atomic mass is 9.93. The molecule has 1 N–H and O–H groups in total.